The van der Waals surface area contributed by atoms with Gasteiger partial charge in [-0.25, -0.2) is 0 Å². The average Bonchev–Trinajstić information content (AvgIpc) is 2.92. The quantitative estimate of drug-likeness (QED) is 0.922. The van der Waals surface area contributed by atoms with Gasteiger partial charge in [-0.15, -0.1) is 11.3 Å². The van der Waals surface area contributed by atoms with Gasteiger partial charge in [-0.1, -0.05) is 0 Å². The lowest BCUT2D eigenvalue weighted by Crippen LogP contribution is -2.30. The molecule has 0 fully saturated rings. The van der Waals surface area contributed by atoms with Crippen molar-refractivity contribution in [2.24, 2.45) is 0 Å². The van der Waals surface area contributed by atoms with Gasteiger partial charge in [0.15, 0.2) is 6.61 Å². The summed E-state index contributed by atoms with van der Waals surface area (Å²) in [7, 11) is 0. The van der Waals surface area contributed by atoms with Crippen LogP contribution in [0.25, 0.3) is 0 Å². The minimum Gasteiger partial charge on any atom is -0.484 e. The molecule has 2 rings (SSSR count). The van der Waals surface area contributed by atoms with Gasteiger partial charge < -0.3 is 10.1 Å². The van der Waals surface area contributed by atoms with Crippen LogP contribution in [0.4, 0.5) is 0 Å². The summed E-state index contributed by atoms with van der Waals surface area (Å²) in [5.74, 6) is 0.404. The maximum absolute atomic E-state index is 11.8. The van der Waals surface area contributed by atoms with Crippen molar-refractivity contribution < 1.29 is 9.53 Å². The van der Waals surface area contributed by atoms with Crippen LogP contribution in [0, 0.1) is 18.3 Å². The van der Waals surface area contributed by atoms with Crippen molar-refractivity contribution >= 4 is 17.2 Å². The lowest BCUT2D eigenvalue weighted by molar-refractivity contribution is -0.123. The van der Waals surface area contributed by atoms with E-state index in [9.17, 15) is 4.79 Å². The van der Waals surface area contributed by atoms with Gasteiger partial charge in [-0.3, -0.25) is 4.79 Å². The number of aryl methyl sites for hydroxylation is 1. The highest BCUT2D eigenvalue weighted by molar-refractivity contribution is 7.12. The van der Waals surface area contributed by atoms with Gasteiger partial charge in [0.25, 0.3) is 5.91 Å². The van der Waals surface area contributed by atoms with Crippen molar-refractivity contribution in [1.82, 2.24) is 5.32 Å². The number of hydrogen-bond donors (Lipinski definition) is 1. The number of nitriles is 1. The van der Waals surface area contributed by atoms with Gasteiger partial charge in [0.2, 0.25) is 0 Å². The van der Waals surface area contributed by atoms with E-state index in [1.54, 1.807) is 35.6 Å². The van der Waals surface area contributed by atoms with Gasteiger partial charge in [-0.05, 0) is 50.2 Å². The summed E-state index contributed by atoms with van der Waals surface area (Å²) in [6, 6.07) is 12.7. The fraction of sp³-hybridized carbons (Fsp3) is 0.250. The number of nitrogens with zero attached hydrogens (tertiary/aromatic N) is 1. The molecule has 0 spiro atoms. The number of hydrogen-bond acceptors (Lipinski definition) is 4. The summed E-state index contributed by atoms with van der Waals surface area (Å²) in [5.41, 5.74) is 0.563. The van der Waals surface area contributed by atoms with Crippen LogP contribution in [-0.2, 0) is 4.79 Å². The van der Waals surface area contributed by atoms with Crippen LogP contribution in [0.15, 0.2) is 36.4 Å². The van der Waals surface area contributed by atoms with E-state index in [0.717, 1.165) is 4.88 Å². The predicted octanol–water partition coefficient (Wildman–Crippen LogP) is 3.18. The third-order valence-corrected chi connectivity index (χ3v) is 4.10. The van der Waals surface area contributed by atoms with Crippen LogP contribution < -0.4 is 10.1 Å². The number of thiophene rings is 1. The van der Waals surface area contributed by atoms with Crippen LogP contribution in [0.1, 0.15) is 28.3 Å². The molecule has 1 aromatic heterocycles. The standard InChI is InChI=1S/C16H16N2O2S/c1-11-3-8-15(21-11)12(2)18-16(19)10-20-14-6-4-13(9-17)5-7-14/h3-8,12H,10H2,1-2H3,(H,18,19). The number of amides is 1. The van der Waals surface area contributed by atoms with Crippen molar-refractivity contribution in [2.75, 3.05) is 6.61 Å². The first kappa shape index (κ1) is 15.1. The van der Waals surface area contributed by atoms with Gasteiger partial charge in [0.1, 0.15) is 5.75 Å². The van der Waals surface area contributed by atoms with E-state index in [0.29, 0.717) is 11.3 Å². The van der Waals surface area contributed by atoms with Crippen LogP contribution >= 0.6 is 11.3 Å². The molecule has 1 heterocycles. The van der Waals surface area contributed by atoms with Crippen molar-refractivity contribution in [3.05, 3.63) is 51.7 Å². The Bertz CT molecular complexity index is 656. The molecule has 108 valence electrons. The number of benzene rings is 1. The van der Waals surface area contributed by atoms with E-state index < -0.39 is 0 Å². The lowest BCUT2D eigenvalue weighted by atomic mass is 10.2. The molecule has 1 amide bonds. The van der Waals surface area contributed by atoms with Crippen LogP contribution in [0.2, 0.25) is 0 Å². The van der Waals surface area contributed by atoms with Crippen molar-refractivity contribution in [2.45, 2.75) is 19.9 Å². The maximum atomic E-state index is 11.8. The topological polar surface area (TPSA) is 62.1 Å². The molecule has 0 saturated heterocycles. The Morgan fingerprint density at radius 1 is 1.33 bits per heavy atom. The highest BCUT2D eigenvalue weighted by Gasteiger charge is 2.11. The fourth-order valence-corrected chi connectivity index (χ4v) is 2.69. The summed E-state index contributed by atoms with van der Waals surface area (Å²) in [6.45, 7) is 3.95. The number of carbonyl (C=O) groups excluding carboxylic acids is 1. The summed E-state index contributed by atoms with van der Waals surface area (Å²) >= 11 is 1.67. The molecule has 0 radical (unpaired) electrons. The molecule has 2 aromatic rings. The van der Waals surface area contributed by atoms with Gasteiger partial charge in [-0.2, -0.15) is 5.26 Å². The molecule has 21 heavy (non-hydrogen) atoms. The zero-order valence-corrected chi connectivity index (χ0v) is 12.7. The van der Waals surface area contributed by atoms with Gasteiger partial charge >= 0.3 is 0 Å². The number of nitrogens with one attached hydrogen (secondary N) is 1. The molecule has 0 bridgehead atoms. The van der Waals surface area contributed by atoms with Crippen molar-refractivity contribution in [1.29, 1.82) is 5.26 Å². The molecule has 0 aliphatic heterocycles. The van der Waals surface area contributed by atoms with E-state index in [2.05, 4.69) is 5.32 Å². The first-order valence-electron chi connectivity index (χ1n) is 6.57. The number of rotatable bonds is 5. The van der Waals surface area contributed by atoms with Crippen LogP contribution in [0.5, 0.6) is 5.75 Å². The Balaban J connectivity index is 1.83. The summed E-state index contributed by atoms with van der Waals surface area (Å²) in [4.78, 5) is 14.2. The third kappa shape index (κ3) is 4.33. The maximum Gasteiger partial charge on any atom is 0.258 e. The van der Waals surface area contributed by atoms with Gasteiger partial charge in [0, 0.05) is 9.75 Å². The molecule has 0 saturated carbocycles. The van der Waals surface area contributed by atoms with Crippen LogP contribution in [-0.4, -0.2) is 12.5 Å². The SMILES string of the molecule is Cc1ccc(C(C)NC(=O)COc2ccc(C#N)cc2)s1. The fourth-order valence-electron chi connectivity index (χ4n) is 1.82. The second kappa shape index (κ2) is 6.91. The molecule has 1 unspecified atom stereocenters. The summed E-state index contributed by atoms with van der Waals surface area (Å²) < 4.78 is 5.39. The largest absolute Gasteiger partial charge is 0.484 e. The normalized spacial score (nSPS) is 11.5. The molecule has 0 aliphatic carbocycles. The first-order valence-corrected chi connectivity index (χ1v) is 7.39. The third-order valence-electron chi connectivity index (χ3n) is 2.92. The molecule has 1 N–H and O–H groups in total. The van der Waals surface area contributed by atoms with Crippen molar-refractivity contribution in [3.63, 3.8) is 0 Å². The summed E-state index contributed by atoms with van der Waals surface area (Å²) in [6.07, 6.45) is 0. The Hall–Kier alpha value is -2.32. The molecule has 1 aromatic carbocycles. The molecular weight excluding hydrogens is 284 g/mol. The highest BCUT2D eigenvalue weighted by atomic mass is 32.1. The van der Waals surface area contributed by atoms with Crippen LogP contribution in [0.3, 0.4) is 0 Å². The zero-order valence-electron chi connectivity index (χ0n) is 11.9. The Morgan fingerprint density at radius 2 is 2.05 bits per heavy atom. The Morgan fingerprint density at radius 3 is 2.62 bits per heavy atom. The van der Waals surface area contributed by atoms with E-state index in [-0.39, 0.29) is 18.6 Å². The smallest absolute Gasteiger partial charge is 0.258 e. The Labute approximate surface area is 128 Å². The molecule has 0 aliphatic rings. The first-order chi connectivity index (χ1) is 10.1. The second-order valence-electron chi connectivity index (χ2n) is 4.66. The highest BCUT2D eigenvalue weighted by Crippen LogP contribution is 2.22. The summed E-state index contributed by atoms with van der Waals surface area (Å²) in [5, 5.41) is 11.6. The lowest BCUT2D eigenvalue weighted by Gasteiger charge is -2.12. The van der Waals surface area contributed by atoms with E-state index in [1.807, 2.05) is 32.0 Å². The Kier molecular flexibility index (Phi) is 4.96. The average molecular weight is 300 g/mol. The minimum absolute atomic E-state index is 0.0271. The number of ether oxygens (including phenoxy) is 1. The minimum atomic E-state index is -0.169. The monoisotopic (exact) mass is 300 g/mol. The van der Waals surface area contributed by atoms with Gasteiger partial charge in [0.05, 0.1) is 17.7 Å². The molecule has 1 atom stereocenters. The zero-order chi connectivity index (χ0) is 15.2. The predicted molar refractivity (Wildman–Crippen MR) is 82.3 cm³/mol. The van der Waals surface area contributed by atoms with E-state index in [4.69, 9.17) is 10.00 Å². The number of carbonyl (C=O) groups is 1. The van der Waals surface area contributed by atoms with E-state index >= 15 is 0 Å². The molecular formula is C16H16N2O2S. The molecule has 4 nitrogen and oxygen atoms in total. The van der Waals surface area contributed by atoms with Crippen molar-refractivity contribution in [3.8, 4) is 11.8 Å². The second-order valence-corrected chi connectivity index (χ2v) is 5.98. The van der Waals surface area contributed by atoms with E-state index in [1.165, 1.54) is 4.88 Å². The molecule has 5 heteroatoms.